The van der Waals surface area contributed by atoms with Gasteiger partial charge in [0.2, 0.25) is 5.91 Å². The van der Waals surface area contributed by atoms with Crippen LogP contribution in [0.2, 0.25) is 0 Å². The van der Waals surface area contributed by atoms with E-state index in [1.165, 1.54) is 0 Å². The van der Waals surface area contributed by atoms with Crippen molar-refractivity contribution < 1.29 is 17.4 Å². The average molecular weight is 319 g/mol. The summed E-state index contributed by atoms with van der Waals surface area (Å²) in [7, 11) is 0. The van der Waals surface area contributed by atoms with Gasteiger partial charge in [0.15, 0.2) is 0 Å². The van der Waals surface area contributed by atoms with Crippen molar-refractivity contribution in [3.05, 3.63) is 35.9 Å². The maximum absolute atomic E-state index is 12.5. The van der Waals surface area contributed by atoms with E-state index in [2.05, 4.69) is 5.32 Å². The SMILES string of the molecule is [2H]C(Cc1ccccc1)(NC(=O)[C@H]1CC[C@H](C([2H])(C)C)CC1)C(=O)O. The Morgan fingerprint density at radius 1 is 1.22 bits per heavy atom. The number of rotatable bonds is 6. The van der Waals surface area contributed by atoms with Crippen LogP contribution < -0.4 is 5.32 Å². The van der Waals surface area contributed by atoms with Gasteiger partial charge in [-0.15, -0.1) is 0 Å². The van der Waals surface area contributed by atoms with E-state index >= 15 is 0 Å². The van der Waals surface area contributed by atoms with E-state index in [0.29, 0.717) is 18.4 Å². The van der Waals surface area contributed by atoms with Gasteiger partial charge in [-0.1, -0.05) is 44.2 Å². The number of carbonyl (C=O) groups is 2. The summed E-state index contributed by atoms with van der Waals surface area (Å²) >= 11 is 0. The molecule has 1 aromatic carbocycles. The Hall–Kier alpha value is -1.84. The first-order chi connectivity index (χ1) is 11.6. The van der Waals surface area contributed by atoms with Crippen LogP contribution in [0, 0.1) is 17.7 Å². The third kappa shape index (κ3) is 5.08. The van der Waals surface area contributed by atoms with E-state index in [4.69, 9.17) is 2.74 Å². The van der Waals surface area contributed by atoms with Crippen LogP contribution in [0.5, 0.6) is 0 Å². The topological polar surface area (TPSA) is 66.4 Å². The molecule has 0 spiro atoms. The van der Waals surface area contributed by atoms with Gasteiger partial charge >= 0.3 is 5.97 Å². The Kier molecular flexibility index (Phi) is 5.21. The van der Waals surface area contributed by atoms with Crippen LogP contribution in [0.1, 0.15) is 47.8 Å². The van der Waals surface area contributed by atoms with Crippen molar-refractivity contribution in [1.29, 1.82) is 0 Å². The minimum Gasteiger partial charge on any atom is -0.480 e. The molecule has 1 saturated carbocycles. The number of carboxylic acid groups (broad SMARTS) is 1. The van der Waals surface area contributed by atoms with E-state index in [1.54, 1.807) is 24.3 Å². The fraction of sp³-hybridized carbons (Fsp3) is 0.579. The number of carbonyl (C=O) groups excluding carboxylic acids is 1. The van der Waals surface area contributed by atoms with Crippen molar-refractivity contribution in [3.8, 4) is 0 Å². The summed E-state index contributed by atoms with van der Waals surface area (Å²) in [6, 6.07) is 6.82. The molecule has 1 fully saturated rings. The summed E-state index contributed by atoms with van der Waals surface area (Å²) in [5, 5.41) is 11.9. The zero-order valence-corrected chi connectivity index (χ0v) is 13.8. The van der Waals surface area contributed by atoms with Crippen molar-refractivity contribution in [1.82, 2.24) is 5.32 Å². The summed E-state index contributed by atoms with van der Waals surface area (Å²) < 4.78 is 16.4. The highest BCUT2D eigenvalue weighted by Crippen LogP contribution is 2.33. The molecule has 1 unspecified atom stereocenters. The zero-order valence-electron chi connectivity index (χ0n) is 15.8. The molecule has 0 aliphatic heterocycles. The van der Waals surface area contributed by atoms with E-state index in [9.17, 15) is 14.7 Å². The highest BCUT2D eigenvalue weighted by atomic mass is 16.4. The monoisotopic (exact) mass is 319 g/mol. The number of amides is 1. The number of hydrogen-bond acceptors (Lipinski definition) is 2. The number of benzene rings is 1. The number of nitrogens with one attached hydrogen (secondary N) is 1. The van der Waals surface area contributed by atoms with E-state index < -0.39 is 17.9 Å². The molecule has 2 rings (SSSR count). The third-order valence-electron chi connectivity index (χ3n) is 4.67. The van der Waals surface area contributed by atoms with Gasteiger partial charge in [-0.05, 0) is 43.1 Å². The number of aliphatic carboxylic acids is 1. The lowest BCUT2D eigenvalue weighted by Gasteiger charge is -2.30. The van der Waals surface area contributed by atoms with E-state index in [-0.39, 0.29) is 24.2 Å². The molecule has 2 N–H and O–H groups in total. The largest absolute Gasteiger partial charge is 0.480 e. The summed E-state index contributed by atoms with van der Waals surface area (Å²) in [5.74, 6) is -2.27. The van der Waals surface area contributed by atoms with Crippen molar-refractivity contribution in [2.45, 2.75) is 52.0 Å². The Balaban J connectivity index is 2.00. The fourth-order valence-electron chi connectivity index (χ4n) is 3.16. The summed E-state index contributed by atoms with van der Waals surface area (Å²) in [4.78, 5) is 24.1. The predicted octanol–water partition coefficient (Wildman–Crippen LogP) is 3.26. The molecular weight excluding hydrogens is 290 g/mol. The maximum Gasteiger partial charge on any atom is 0.326 e. The van der Waals surface area contributed by atoms with Crippen LogP contribution in [-0.4, -0.2) is 23.0 Å². The molecule has 1 aliphatic rings. The van der Waals surface area contributed by atoms with Crippen LogP contribution >= 0.6 is 0 Å². The van der Waals surface area contributed by atoms with Gasteiger partial charge in [-0.2, -0.15) is 0 Å². The Morgan fingerprint density at radius 2 is 1.83 bits per heavy atom. The lowest BCUT2D eigenvalue weighted by atomic mass is 9.76. The molecule has 0 saturated heterocycles. The Labute approximate surface area is 141 Å². The summed E-state index contributed by atoms with van der Waals surface area (Å²) in [6.45, 7) is 3.77. The smallest absolute Gasteiger partial charge is 0.326 e. The van der Waals surface area contributed by atoms with Gasteiger partial charge < -0.3 is 10.4 Å². The second-order valence-corrected chi connectivity index (χ2v) is 6.56. The van der Waals surface area contributed by atoms with Gasteiger partial charge in [-0.3, -0.25) is 4.79 Å². The molecule has 0 bridgehead atoms. The van der Waals surface area contributed by atoms with Crippen LogP contribution in [0.15, 0.2) is 30.3 Å². The molecule has 126 valence electrons. The summed E-state index contributed by atoms with van der Waals surface area (Å²) in [6.07, 6.45) is 2.76. The Morgan fingerprint density at radius 3 is 2.35 bits per heavy atom. The minimum absolute atomic E-state index is 0.0794. The highest BCUT2D eigenvalue weighted by molar-refractivity contribution is 5.85. The van der Waals surface area contributed by atoms with Gasteiger partial charge in [0.1, 0.15) is 6.02 Å². The molecular formula is C19H27NO3. The molecule has 0 radical (unpaired) electrons. The predicted molar refractivity (Wildman–Crippen MR) is 90.0 cm³/mol. The van der Waals surface area contributed by atoms with Gasteiger partial charge in [0.05, 0.1) is 1.37 Å². The van der Waals surface area contributed by atoms with Crippen molar-refractivity contribution in [2.24, 2.45) is 17.7 Å². The Bertz CT molecular complexity index is 607. The normalized spacial score (nSPS) is 25.7. The molecule has 0 heterocycles. The molecule has 0 aromatic heterocycles. The number of hydrogen-bond donors (Lipinski definition) is 2. The van der Waals surface area contributed by atoms with E-state index in [1.807, 2.05) is 19.9 Å². The molecule has 1 aliphatic carbocycles. The van der Waals surface area contributed by atoms with E-state index in [0.717, 1.165) is 12.8 Å². The standard InChI is InChI=1S/C19H27NO3/c1-13(2)15-8-10-16(11-9-15)18(21)20-17(19(22)23)12-14-6-4-3-5-7-14/h3-7,13,15-17H,8-12H2,1-2H3,(H,20,21)(H,22,23)/t15-,16-,17?/i13D,17D. The molecule has 23 heavy (non-hydrogen) atoms. The van der Waals surface area contributed by atoms with Crippen LogP contribution in [0.3, 0.4) is 0 Å². The first kappa shape index (κ1) is 14.7. The lowest BCUT2D eigenvalue weighted by Crippen LogP contribution is -2.45. The van der Waals surface area contributed by atoms with Crippen molar-refractivity contribution in [2.75, 3.05) is 0 Å². The molecule has 4 nitrogen and oxygen atoms in total. The first-order valence-electron chi connectivity index (χ1n) is 9.21. The fourth-order valence-corrected chi connectivity index (χ4v) is 3.16. The number of carboxylic acids is 1. The zero-order chi connectivity index (χ0) is 18.7. The second-order valence-electron chi connectivity index (χ2n) is 6.56. The lowest BCUT2D eigenvalue weighted by molar-refractivity contribution is -0.142. The van der Waals surface area contributed by atoms with Crippen LogP contribution in [-0.2, 0) is 16.0 Å². The summed E-state index contributed by atoms with van der Waals surface area (Å²) in [5.41, 5.74) is 0.694. The van der Waals surface area contributed by atoms with Gasteiger partial charge in [0.25, 0.3) is 0 Å². The third-order valence-corrected chi connectivity index (χ3v) is 4.67. The quantitative estimate of drug-likeness (QED) is 0.846. The van der Waals surface area contributed by atoms with Gasteiger partial charge in [-0.25, -0.2) is 4.79 Å². The molecule has 1 aromatic rings. The second kappa shape index (κ2) is 8.14. The van der Waals surface area contributed by atoms with Crippen LogP contribution in [0.4, 0.5) is 0 Å². The molecule has 1 amide bonds. The van der Waals surface area contributed by atoms with Crippen molar-refractivity contribution >= 4 is 11.9 Å². The molecule has 1 atom stereocenters. The minimum atomic E-state index is -2.07. The van der Waals surface area contributed by atoms with Crippen LogP contribution in [0.25, 0.3) is 0 Å². The maximum atomic E-state index is 12.5. The average Bonchev–Trinajstić information content (AvgIpc) is 2.54. The first-order valence-corrected chi connectivity index (χ1v) is 8.21. The van der Waals surface area contributed by atoms with Crippen molar-refractivity contribution in [3.63, 3.8) is 0 Å². The highest BCUT2D eigenvalue weighted by Gasteiger charge is 2.30. The van der Waals surface area contributed by atoms with Gasteiger partial charge in [0, 0.05) is 13.7 Å². The molecule has 4 heteroatoms.